The summed E-state index contributed by atoms with van der Waals surface area (Å²) in [5, 5.41) is 6.70. The van der Waals surface area contributed by atoms with Gasteiger partial charge in [0.2, 0.25) is 11.5 Å². The van der Waals surface area contributed by atoms with E-state index in [-0.39, 0.29) is 23.0 Å². The molecule has 0 bridgehead atoms. The van der Waals surface area contributed by atoms with Crippen molar-refractivity contribution in [2.24, 2.45) is 0 Å². The molecule has 2 rings (SSSR count). The first-order valence-electron chi connectivity index (χ1n) is 12.3. The van der Waals surface area contributed by atoms with Crippen LogP contribution in [-0.2, 0) is 0 Å². The first-order valence-corrected chi connectivity index (χ1v) is 12.3. The highest BCUT2D eigenvalue weighted by Crippen LogP contribution is 2.51. The zero-order chi connectivity index (χ0) is 24.8. The lowest BCUT2D eigenvalue weighted by molar-refractivity contribution is 0.190. The molecule has 34 heavy (non-hydrogen) atoms. The molecule has 0 radical (unpaired) electrons. The Morgan fingerprint density at radius 1 is 0.647 bits per heavy atom. The maximum atomic E-state index is 12.6. The van der Waals surface area contributed by atoms with E-state index < -0.39 is 12.2 Å². The summed E-state index contributed by atoms with van der Waals surface area (Å²) in [4.78, 5) is 25.1. The van der Waals surface area contributed by atoms with Crippen LogP contribution in [-0.4, -0.2) is 38.5 Å². The summed E-state index contributed by atoms with van der Waals surface area (Å²) >= 11 is 0. The number of carbonyl (C=O) groups is 2. The van der Waals surface area contributed by atoms with Gasteiger partial charge in [0.25, 0.3) is 0 Å². The predicted molar refractivity (Wildman–Crippen MR) is 133 cm³/mol. The van der Waals surface area contributed by atoms with Gasteiger partial charge in [0.15, 0.2) is 11.5 Å². The molecule has 2 N–H and O–H groups in total. The molecule has 2 amide bonds. The van der Waals surface area contributed by atoms with Crippen LogP contribution in [0.5, 0.6) is 23.0 Å². The van der Waals surface area contributed by atoms with Crippen molar-refractivity contribution in [3.8, 4) is 23.0 Å². The Kier molecular flexibility index (Phi) is 11.9. The van der Waals surface area contributed by atoms with Crippen LogP contribution in [0.1, 0.15) is 66.2 Å². The normalized spacial score (nSPS) is 10.6. The number of ether oxygens (including phenoxy) is 4. The van der Waals surface area contributed by atoms with Gasteiger partial charge >= 0.3 is 12.2 Å². The van der Waals surface area contributed by atoms with Gasteiger partial charge in [0, 0.05) is 23.9 Å². The van der Waals surface area contributed by atoms with Gasteiger partial charge in [0.05, 0.1) is 13.2 Å². The summed E-state index contributed by atoms with van der Waals surface area (Å²) in [5.74, 6) is 0.970. The molecule has 0 aliphatic carbocycles. The molecular formula is C26H38N2O6. The fourth-order valence-electron chi connectivity index (χ4n) is 3.20. The number of rotatable bonds is 14. The van der Waals surface area contributed by atoms with Crippen molar-refractivity contribution in [2.45, 2.75) is 66.2 Å². The van der Waals surface area contributed by atoms with Gasteiger partial charge in [-0.05, 0) is 25.7 Å². The van der Waals surface area contributed by atoms with Gasteiger partial charge in [0.1, 0.15) is 0 Å². The lowest BCUT2D eigenvalue weighted by Gasteiger charge is -2.21. The zero-order valence-corrected chi connectivity index (χ0v) is 20.8. The number of nitrogens with one attached hydrogen (secondary N) is 2. The Bertz CT molecular complexity index is 857. The summed E-state index contributed by atoms with van der Waals surface area (Å²) in [6, 6.07) is 7.25. The fourth-order valence-corrected chi connectivity index (χ4v) is 3.20. The first kappa shape index (κ1) is 27.1. The lowest BCUT2D eigenvalue weighted by Crippen LogP contribution is -2.28. The van der Waals surface area contributed by atoms with Gasteiger partial charge in [-0.25, -0.2) is 9.59 Å². The third-order valence-corrected chi connectivity index (χ3v) is 4.92. The summed E-state index contributed by atoms with van der Waals surface area (Å²) in [7, 11) is 0. The molecule has 0 fully saturated rings. The molecule has 8 nitrogen and oxygen atoms in total. The number of unbranched alkanes of at least 4 members (excludes halogenated alkanes) is 2. The molecule has 188 valence electrons. The maximum absolute atomic E-state index is 12.6. The molecule has 0 spiro atoms. The van der Waals surface area contributed by atoms with Crippen molar-refractivity contribution in [3.63, 3.8) is 0 Å². The lowest BCUT2D eigenvalue weighted by atomic mass is 10.1. The number of hydrogen-bond acceptors (Lipinski definition) is 6. The minimum atomic E-state index is -0.577. The average molecular weight is 475 g/mol. The second kappa shape index (κ2) is 14.9. The molecule has 0 saturated heterocycles. The van der Waals surface area contributed by atoms with E-state index in [0.717, 1.165) is 38.5 Å². The minimum absolute atomic E-state index is 0.239. The molecule has 0 heterocycles. The number of benzene rings is 2. The molecular weight excluding hydrogens is 436 g/mol. The third kappa shape index (κ3) is 7.71. The smallest absolute Gasteiger partial charge is 0.412 e. The third-order valence-electron chi connectivity index (χ3n) is 4.92. The Morgan fingerprint density at radius 3 is 1.41 bits per heavy atom. The van der Waals surface area contributed by atoms with Crippen molar-refractivity contribution in [2.75, 3.05) is 26.3 Å². The highest BCUT2D eigenvalue weighted by molar-refractivity contribution is 6.01. The number of fused-ring (bicyclic) bond motifs is 1. The highest BCUT2D eigenvalue weighted by atomic mass is 16.6. The second-order valence-electron chi connectivity index (χ2n) is 7.90. The largest absolute Gasteiger partial charge is 0.486 e. The van der Waals surface area contributed by atoms with Crippen LogP contribution in [0.2, 0.25) is 0 Å². The van der Waals surface area contributed by atoms with E-state index >= 15 is 0 Å². The van der Waals surface area contributed by atoms with Gasteiger partial charge in [-0.1, -0.05) is 64.8 Å². The van der Waals surface area contributed by atoms with E-state index in [1.165, 1.54) is 0 Å². The van der Waals surface area contributed by atoms with Crippen LogP contribution in [0.3, 0.4) is 0 Å². The summed E-state index contributed by atoms with van der Waals surface area (Å²) in [6.45, 7) is 9.81. The second-order valence-corrected chi connectivity index (χ2v) is 7.90. The van der Waals surface area contributed by atoms with E-state index in [4.69, 9.17) is 18.9 Å². The van der Waals surface area contributed by atoms with Crippen LogP contribution in [0.15, 0.2) is 24.3 Å². The summed E-state index contributed by atoms with van der Waals surface area (Å²) < 4.78 is 23.6. The number of hydrogen-bond donors (Lipinski definition) is 2. The van der Waals surface area contributed by atoms with Crippen molar-refractivity contribution >= 4 is 23.0 Å². The molecule has 0 aliphatic rings. The molecule has 2 aromatic rings. The fraction of sp³-hybridized carbons (Fsp3) is 0.538. The first-order chi connectivity index (χ1) is 16.6. The molecule has 8 heteroatoms. The molecule has 0 aromatic heterocycles. The topological polar surface area (TPSA) is 95.1 Å². The van der Waals surface area contributed by atoms with Gasteiger partial charge in [-0.2, -0.15) is 0 Å². The van der Waals surface area contributed by atoms with Gasteiger partial charge in [-0.15, -0.1) is 0 Å². The van der Waals surface area contributed by atoms with E-state index in [1.54, 1.807) is 12.1 Å². The molecule has 0 atom stereocenters. The maximum Gasteiger partial charge on any atom is 0.412 e. The summed E-state index contributed by atoms with van der Waals surface area (Å²) in [6.07, 6.45) is 3.91. The van der Waals surface area contributed by atoms with Crippen molar-refractivity contribution in [1.82, 2.24) is 10.6 Å². The minimum Gasteiger partial charge on any atom is -0.486 e. The van der Waals surface area contributed by atoms with Gasteiger partial charge < -0.3 is 29.6 Å². The molecule has 2 aromatic carbocycles. The molecule has 0 saturated carbocycles. The molecule has 0 aliphatic heterocycles. The van der Waals surface area contributed by atoms with E-state index in [2.05, 4.69) is 10.6 Å². The van der Waals surface area contributed by atoms with Gasteiger partial charge in [-0.3, -0.25) is 0 Å². The van der Waals surface area contributed by atoms with Crippen LogP contribution in [0, 0.1) is 0 Å². The highest BCUT2D eigenvalue weighted by Gasteiger charge is 2.27. The van der Waals surface area contributed by atoms with Crippen molar-refractivity contribution in [3.05, 3.63) is 24.3 Å². The SMILES string of the molecule is CCCCNC(=O)Oc1c(OCCC)c(OCCC)c(OC(=O)NCCCC)c2ccccc12. The van der Waals surface area contributed by atoms with E-state index in [9.17, 15) is 9.59 Å². The van der Waals surface area contributed by atoms with Crippen LogP contribution >= 0.6 is 0 Å². The zero-order valence-electron chi connectivity index (χ0n) is 20.8. The summed E-state index contributed by atoms with van der Waals surface area (Å²) in [5.41, 5.74) is 0. The Hall–Kier alpha value is -3.16. The quantitative estimate of drug-likeness (QED) is 0.317. The van der Waals surface area contributed by atoms with E-state index in [1.807, 2.05) is 39.8 Å². The Morgan fingerprint density at radius 2 is 1.06 bits per heavy atom. The van der Waals surface area contributed by atoms with Crippen molar-refractivity contribution < 1.29 is 28.5 Å². The Labute approximate surface area is 202 Å². The number of carbonyl (C=O) groups excluding carboxylic acids is 2. The standard InChI is InChI=1S/C26H38N2O6/c1-5-9-15-27-25(29)33-21-19-13-11-12-14-20(19)22(34-26(30)28-16-10-6-2)24(32-18-8-4)23(21)31-17-7-3/h11-14H,5-10,15-18H2,1-4H3,(H,27,29)(H,28,30). The van der Waals surface area contributed by atoms with Crippen LogP contribution < -0.4 is 29.6 Å². The molecule has 0 unspecified atom stereocenters. The predicted octanol–water partition coefficient (Wildman–Crippen LogP) is 6.19. The van der Waals surface area contributed by atoms with Crippen molar-refractivity contribution in [1.29, 1.82) is 0 Å². The van der Waals surface area contributed by atoms with Crippen LogP contribution in [0.4, 0.5) is 9.59 Å². The Balaban J connectivity index is 2.59. The monoisotopic (exact) mass is 474 g/mol. The van der Waals surface area contributed by atoms with Crippen LogP contribution in [0.25, 0.3) is 10.8 Å². The van der Waals surface area contributed by atoms with E-state index in [0.29, 0.717) is 37.1 Å². The number of amides is 2. The average Bonchev–Trinajstić information content (AvgIpc) is 2.84.